The molecule has 2 N–H and O–H groups in total. The van der Waals surface area contributed by atoms with Gasteiger partial charge in [-0.15, -0.1) is 0 Å². The minimum atomic E-state index is -0.186. The van der Waals surface area contributed by atoms with E-state index >= 15 is 0 Å². The van der Waals surface area contributed by atoms with E-state index < -0.39 is 0 Å². The number of allylic oxidation sites excluding steroid dienone is 2. The Morgan fingerprint density at radius 3 is 2.81 bits per heavy atom. The van der Waals surface area contributed by atoms with Crippen molar-refractivity contribution < 1.29 is 4.79 Å². The average molecular weight is 305 g/mol. The van der Waals surface area contributed by atoms with Crippen LogP contribution in [0.2, 0.25) is 0 Å². The van der Waals surface area contributed by atoms with E-state index in [9.17, 15) is 4.79 Å². The molecule has 110 valence electrons. The van der Waals surface area contributed by atoms with Crippen molar-refractivity contribution in [2.75, 3.05) is 0 Å². The molecule has 21 heavy (non-hydrogen) atoms. The number of dihydropyridines is 1. The second-order valence-corrected chi connectivity index (χ2v) is 6.74. The first-order valence-corrected chi connectivity index (χ1v) is 7.21. The van der Waals surface area contributed by atoms with Crippen molar-refractivity contribution in [3.63, 3.8) is 0 Å². The Morgan fingerprint density at radius 2 is 2.14 bits per heavy atom. The minimum Gasteiger partial charge on any atom is -0.369 e. The van der Waals surface area contributed by atoms with Gasteiger partial charge in [0.25, 0.3) is 5.91 Å². The number of hydrogen-bond donors (Lipinski definition) is 2. The molecule has 0 radical (unpaired) electrons. The first-order valence-electron chi connectivity index (χ1n) is 6.83. The van der Waals surface area contributed by atoms with Crippen LogP contribution in [0.15, 0.2) is 44.6 Å². The first-order chi connectivity index (χ1) is 9.84. The normalized spacial score (nSPS) is 29.6. The maximum Gasteiger partial charge on any atom is 0.275 e. The van der Waals surface area contributed by atoms with Crippen molar-refractivity contribution in [2.45, 2.75) is 26.9 Å². The molecule has 0 aliphatic carbocycles. The molecule has 0 saturated carbocycles. The van der Waals surface area contributed by atoms with Crippen LogP contribution in [0.3, 0.4) is 0 Å². The van der Waals surface area contributed by atoms with Gasteiger partial charge in [0.15, 0.2) is 0 Å². The number of carbonyl (C=O) groups excluding carboxylic acids is 1. The number of hydrogen-bond acceptors (Lipinski definition) is 4. The summed E-state index contributed by atoms with van der Waals surface area (Å²) in [5.74, 6) is 0.562. The van der Waals surface area contributed by atoms with Gasteiger partial charge in [0.1, 0.15) is 17.7 Å². The zero-order valence-electron chi connectivity index (χ0n) is 12.1. The molecule has 1 amide bonds. The lowest BCUT2D eigenvalue weighted by molar-refractivity contribution is -0.115. The van der Waals surface area contributed by atoms with E-state index in [1.165, 1.54) is 0 Å². The zero-order valence-corrected chi connectivity index (χ0v) is 12.9. The molecule has 0 saturated heterocycles. The SMILES string of the molecule is CC(C)(C)C1=N/C(=C\C2=CNC3N=CC(Cl)=CC23)C(=O)N1. The zero-order chi connectivity index (χ0) is 15.2. The van der Waals surface area contributed by atoms with E-state index in [0.29, 0.717) is 16.6 Å². The lowest BCUT2D eigenvalue weighted by atomic mass is 9.95. The summed E-state index contributed by atoms with van der Waals surface area (Å²) in [4.78, 5) is 20.8. The van der Waals surface area contributed by atoms with Crippen molar-refractivity contribution in [3.05, 3.63) is 34.7 Å². The van der Waals surface area contributed by atoms with Crippen molar-refractivity contribution in [3.8, 4) is 0 Å². The van der Waals surface area contributed by atoms with Gasteiger partial charge in [-0.25, -0.2) is 4.99 Å². The van der Waals surface area contributed by atoms with Gasteiger partial charge in [0.05, 0.1) is 5.03 Å². The Balaban J connectivity index is 1.88. The van der Waals surface area contributed by atoms with E-state index in [1.807, 2.05) is 33.0 Å². The second kappa shape index (κ2) is 4.84. The summed E-state index contributed by atoms with van der Waals surface area (Å²) in [5, 5.41) is 6.60. The maximum atomic E-state index is 12.0. The highest BCUT2D eigenvalue weighted by atomic mass is 35.5. The summed E-state index contributed by atoms with van der Waals surface area (Å²) in [6.45, 7) is 6.04. The lowest BCUT2D eigenvalue weighted by Crippen LogP contribution is -2.34. The van der Waals surface area contributed by atoms with Gasteiger partial charge in [-0.3, -0.25) is 9.79 Å². The van der Waals surface area contributed by atoms with Crippen LogP contribution in [0.4, 0.5) is 0 Å². The van der Waals surface area contributed by atoms with E-state index in [1.54, 1.807) is 12.3 Å². The second-order valence-electron chi connectivity index (χ2n) is 6.31. The molecule has 0 fully saturated rings. The van der Waals surface area contributed by atoms with E-state index in [4.69, 9.17) is 11.6 Å². The fourth-order valence-electron chi connectivity index (χ4n) is 2.37. The van der Waals surface area contributed by atoms with Crippen molar-refractivity contribution in [2.24, 2.45) is 21.3 Å². The highest BCUT2D eigenvalue weighted by molar-refractivity contribution is 6.39. The molecule has 3 aliphatic heterocycles. The van der Waals surface area contributed by atoms with E-state index in [-0.39, 0.29) is 23.4 Å². The molecular formula is C15H17ClN4O. The number of fused-ring (bicyclic) bond motifs is 1. The molecule has 2 unspecified atom stereocenters. The topological polar surface area (TPSA) is 65.8 Å². The minimum absolute atomic E-state index is 0.0386. The van der Waals surface area contributed by atoms with Gasteiger partial charge in [-0.2, -0.15) is 0 Å². The Kier molecular flexibility index (Phi) is 3.24. The summed E-state index contributed by atoms with van der Waals surface area (Å²) in [7, 11) is 0. The number of amides is 1. The van der Waals surface area contributed by atoms with Crippen molar-refractivity contribution >= 4 is 29.6 Å². The van der Waals surface area contributed by atoms with Crippen LogP contribution in [0.5, 0.6) is 0 Å². The number of nitrogens with zero attached hydrogens (tertiary/aromatic N) is 2. The van der Waals surface area contributed by atoms with Crippen molar-refractivity contribution in [1.82, 2.24) is 10.6 Å². The van der Waals surface area contributed by atoms with Gasteiger partial charge in [-0.05, 0) is 11.6 Å². The number of nitrogens with one attached hydrogen (secondary N) is 2. The fourth-order valence-corrected chi connectivity index (χ4v) is 2.56. The molecule has 3 rings (SSSR count). The molecule has 0 aromatic carbocycles. The molecular weight excluding hydrogens is 288 g/mol. The standard InChI is InChI=1S/C15H17ClN4O/c1-15(2,3)14-19-11(13(21)20-14)4-8-6-17-12-10(8)5-9(16)7-18-12/h4-7,10,12,17H,1-3H3,(H,19,20,21)/b11-4-. The highest BCUT2D eigenvalue weighted by Crippen LogP contribution is 2.31. The summed E-state index contributed by atoms with van der Waals surface area (Å²) >= 11 is 6.01. The number of amidine groups is 1. The van der Waals surface area contributed by atoms with Crippen LogP contribution < -0.4 is 10.6 Å². The Morgan fingerprint density at radius 1 is 1.38 bits per heavy atom. The quantitative estimate of drug-likeness (QED) is 0.728. The average Bonchev–Trinajstić information content (AvgIpc) is 2.95. The van der Waals surface area contributed by atoms with Crippen molar-refractivity contribution in [1.29, 1.82) is 0 Å². The monoisotopic (exact) mass is 304 g/mol. The molecule has 5 nitrogen and oxygen atoms in total. The summed E-state index contributed by atoms with van der Waals surface area (Å²) in [5.41, 5.74) is 1.20. The van der Waals surface area contributed by atoms with Crippen LogP contribution in [-0.2, 0) is 4.79 Å². The van der Waals surface area contributed by atoms with Gasteiger partial charge in [0.2, 0.25) is 0 Å². The Labute approximate surface area is 128 Å². The van der Waals surface area contributed by atoms with E-state index in [2.05, 4.69) is 20.6 Å². The molecule has 0 aromatic heterocycles. The largest absolute Gasteiger partial charge is 0.369 e. The number of rotatable bonds is 1. The third kappa shape index (κ3) is 2.65. The molecule has 0 aromatic rings. The van der Waals surface area contributed by atoms with E-state index in [0.717, 1.165) is 5.57 Å². The smallest absolute Gasteiger partial charge is 0.275 e. The van der Waals surface area contributed by atoms with Crippen LogP contribution in [0.1, 0.15) is 20.8 Å². The van der Waals surface area contributed by atoms with Crippen LogP contribution in [0, 0.1) is 11.3 Å². The summed E-state index contributed by atoms with van der Waals surface area (Å²) in [6, 6.07) is 0. The molecule has 3 heterocycles. The summed E-state index contributed by atoms with van der Waals surface area (Å²) in [6.07, 6.45) is 7.19. The van der Waals surface area contributed by atoms with Crippen LogP contribution in [-0.4, -0.2) is 24.1 Å². The predicted octanol–water partition coefficient (Wildman–Crippen LogP) is 2.08. The Hall–Kier alpha value is -1.88. The predicted molar refractivity (Wildman–Crippen MR) is 84.0 cm³/mol. The highest BCUT2D eigenvalue weighted by Gasteiger charge is 2.32. The molecule has 0 spiro atoms. The fraction of sp³-hybridized carbons (Fsp3) is 0.400. The third-order valence-electron chi connectivity index (χ3n) is 3.55. The maximum absolute atomic E-state index is 12.0. The van der Waals surface area contributed by atoms with Gasteiger partial charge in [0, 0.05) is 23.7 Å². The third-order valence-corrected chi connectivity index (χ3v) is 3.78. The molecule has 2 atom stereocenters. The Bertz CT molecular complexity index is 649. The van der Waals surface area contributed by atoms with Gasteiger partial charge >= 0.3 is 0 Å². The number of halogens is 1. The van der Waals surface area contributed by atoms with Gasteiger partial charge in [-0.1, -0.05) is 38.4 Å². The molecule has 6 heteroatoms. The lowest BCUT2D eigenvalue weighted by Gasteiger charge is -2.18. The summed E-state index contributed by atoms with van der Waals surface area (Å²) < 4.78 is 0. The molecule has 3 aliphatic rings. The number of aliphatic imine (C=N–C) groups is 2. The van der Waals surface area contributed by atoms with Gasteiger partial charge < -0.3 is 10.6 Å². The van der Waals surface area contributed by atoms with Crippen LogP contribution in [0.25, 0.3) is 0 Å². The first kappa shape index (κ1) is 14.1. The van der Waals surface area contributed by atoms with Crippen LogP contribution >= 0.6 is 11.6 Å². The molecule has 0 bridgehead atoms. The number of carbonyl (C=O) groups is 1.